The minimum absolute atomic E-state index is 0.285. The molecule has 2 aromatic rings. The fraction of sp³-hybridized carbons (Fsp3) is 0.438. The third-order valence-electron chi connectivity index (χ3n) is 4.10. The van der Waals surface area contributed by atoms with Crippen molar-refractivity contribution in [1.29, 1.82) is 0 Å². The summed E-state index contributed by atoms with van der Waals surface area (Å²) in [5, 5.41) is 1.22. The number of hydrogen-bond acceptors (Lipinski definition) is 2. The molecule has 0 saturated carbocycles. The molecule has 20 heavy (non-hydrogen) atoms. The lowest BCUT2D eigenvalue weighted by Gasteiger charge is -2.32. The molecule has 0 spiro atoms. The van der Waals surface area contributed by atoms with E-state index in [2.05, 4.69) is 41.2 Å². The maximum Gasteiger partial charge on any atom is 0.222 e. The Balaban J connectivity index is 1.57. The van der Waals surface area contributed by atoms with Crippen molar-refractivity contribution in [3.05, 3.63) is 36.0 Å². The van der Waals surface area contributed by atoms with Crippen LogP contribution in [0.15, 0.2) is 30.5 Å². The van der Waals surface area contributed by atoms with Crippen molar-refractivity contribution in [2.45, 2.75) is 12.8 Å². The molecule has 1 amide bonds. The van der Waals surface area contributed by atoms with Crippen LogP contribution in [0.5, 0.6) is 0 Å². The van der Waals surface area contributed by atoms with Crippen LogP contribution in [-0.2, 0) is 11.2 Å². The SMILES string of the molecule is CN1CCN(C(=O)CCc2ccc3[nH]ccc3c2)CC1. The molecular formula is C16H21N3O. The Hall–Kier alpha value is -1.81. The largest absolute Gasteiger partial charge is 0.361 e. The van der Waals surface area contributed by atoms with E-state index in [9.17, 15) is 4.79 Å². The van der Waals surface area contributed by atoms with Crippen LogP contribution in [-0.4, -0.2) is 53.9 Å². The van der Waals surface area contributed by atoms with E-state index < -0.39 is 0 Å². The molecule has 106 valence electrons. The van der Waals surface area contributed by atoms with Gasteiger partial charge in [-0.3, -0.25) is 4.79 Å². The third-order valence-corrected chi connectivity index (χ3v) is 4.10. The number of likely N-dealkylation sites (N-methyl/N-ethyl adjacent to an activating group) is 1. The molecular weight excluding hydrogens is 250 g/mol. The average Bonchev–Trinajstić information content (AvgIpc) is 2.93. The van der Waals surface area contributed by atoms with Crippen LogP contribution >= 0.6 is 0 Å². The van der Waals surface area contributed by atoms with Gasteiger partial charge in [-0.05, 0) is 42.6 Å². The molecule has 4 nitrogen and oxygen atoms in total. The minimum atomic E-state index is 0.285. The fourth-order valence-electron chi connectivity index (χ4n) is 2.72. The number of amides is 1. The molecule has 1 aromatic carbocycles. The Bertz CT molecular complexity index is 597. The normalized spacial score (nSPS) is 16.8. The van der Waals surface area contributed by atoms with Gasteiger partial charge in [-0.2, -0.15) is 0 Å². The quantitative estimate of drug-likeness (QED) is 0.925. The standard InChI is InChI=1S/C16H21N3O/c1-18-8-10-19(11-9-18)16(20)5-3-13-2-4-15-14(12-13)6-7-17-15/h2,4,6-7,12,17H,3,5,8-11H2,1H3. The maximum absolute atomic E-state index is 12.2. The topological polar surface area (TPSA) is 39.3 Å². The first kappa shape index (κ1) is 13.2. The van der Waals surface area contributed by atoms with Gasteiger partial charge in [-0.1, -0.05) is 6.07 Å². The molecule has 0 bridgehead atoms. The number of nitrogens with zero attached hydrogens (tertiary/aromatic N) is 2. The zero-order valence-corrected chi connectivity index (χ0v) is 11.9. The Morgan fingerprint density at radius 1 is 1.20 bits per heavy atom. The van der Waals surface area contributed by atoms with E-state index in [1.54, 1.807) is 0 Å². The van der Waals surface area contributed by atoms with E-state index in [4.69, 9.17) is 0 Å². The Kier molecular flexibility index (Phi) is 3.74. The number of benzene rings is 1. The lowest BCUT2D eigenvalue weighted by Crippen LogP contribution is -2.47. The van der Waals surface area contributed by atoms with E-state index in [-0.39, 0.29) is 5.91 Å². The second-order valence-corrected chi connectivity index (χ2v) is 5.58. The van der Waals surface area contributed by atoms with Crippen molar-refractivity contribution >= 4 is 16.8 Å². The van der Waals surface area contributed by atoms with Gasteiger partial charge in [0.05, 0.1) is 0 Å². The molecule has 0 radical (unpaired) electrons. The van der Waals surface area contributed by atoms with Crippen molar-refractivity contribution in [3.8, 4) is 0 Å². The Morgan fingerprint density at radius 2 is 2.00 bits per heavy atom. The number of hydrogen-bond donors (Lipinski definition) is 1. The number of aromatic nitrogens is 1. The fourth-order valence-corrected chi connectivity index (χ4v) is 2.72. The van der Waals surface area contributed by atoms with Gasteiger partial charge in [0.1, 0.15) is 0 Å². The number of rotatable bonds is 3. The van der Waals surface area contributed by atoms with Crippen LogP contribution < -0.4 is 0 Å². The number of H-pyrrole nitrogens is 1. The van der Waals surface area contributed by atoms with E-state index in [1.807, 2.05) is 11.1 Å². The third kappa shape index (κ3) is 2.85. The van der Waals surface area contributed by atoms with Gasteiger partial charge >= 0.3 is 0 Å². The van der Waals surface area contributed by atoms with Gasteiger partial charge in [-0.15, -0.1) is 0 Å². The molecule has 1 aromatic heterocycles. The van der Waals surface area contributed by atoms with Gasteiger partial charge in [0.25, 0.3) is 0 Å². The number of fused-ring (bicyclic) bond motifs is 1. The van der Waals surface area contributed by atoms with Gasteiger partial charge in [0, 0.05) is 44.3 Å². The van der Waals surface area contributed by atoms with Crippen molar-refractivity contribution < 1.29 is 4.79 Å². The number of aromatic amines is 1. The van der Waals surface area contributed by atoms with Crippen molar-refractivity contribution in [3.63, 3.8) is 0 Å². The number of nitrogens with one attached hydrogen (secondary N) is 1. The summed E-state index contributed by atoms with van der Waals surface area (Å²) in [5.74, 6) is 0.285. The minimum Gasteiger partial charge on any atom is -0.361 e. The summed E-state index contributed by atoms with van der Waals surface area (Å²) in [6, 6.07) is 8.44. The smallest absolute Gasteiger partial charge is 0.222 e. The molecule has 1 aliphatic heterocycles. The summed E-state index contributed by atoms with van der Waals surface area (Å²) in [6.45, 7) is 3.71. The van der Waals surface area contributed by atoms with E-state index in [1.165, 1.54) is 10.9 Å². The Labute approximate surface area is 119 Å². The molecule has 4 heteroatoms. The summed E-state index contributed by atoms with van der Waals surface area (Å²) in [6.07, 6.45) is 3.38. The summed E-state index contributed by atoms with van der Waals surface area (Å²) in [4.78, 5) is 19.6. The van der Waals surface area contributed by atoms with Gasteiger partial charge in [-0.25, -0.2) is 0 Å². The summed E-state index contributed by atoms with van der Waals surface area (Å²) in [5.41, 5.74) is 2.39. The first-order valence-corrected chi connectivity index (χ1v) is 7.25. The van der Waals surface area contributed by atoms with Gasteiger partial charge < -0.3 is 14.8 Å². The highest BCUT2D eigenvalue weighted by molar-refractivity contribution is 5.80. The van der Waals surface area contributed by atoms with Crippen molar-refractivity contribution in [2.75, 3.05) is 33.2 Å². The molecule has 1 N–H and O–H groups in total. The molecule has 2 heterocycles. The van der Waals surface area contributed by atoms with E-state index >= 15 is 0 Å². The lowest BCUT2D eigenvalue weighted by molar-refractivity contribution is -0.132. The summed E-state index contributed by atoms with van der Waals surface area (Å²) >= 11 is 0. The predicted octanol–water partition coefficient (Wildman–Crippen LogP) is 1.87. The van der Waals surface area contributed by atoms with Crippen LogP contribution in [0.3, 0.4) is 0 Å². The molecule has 1 fully saturated rings. The number of carbonyl (C=O) groups excluding carboxylic acids is 1. The summed E-state index contributed by atoms with van der Waals surface area (Å²) < 4.78 is 0. The second-order valence-electron chi connectivity index (χ2n) is 5.58. The van der Waals surface area contributed by atoms with E-state index in [0.29, 0.717) is 6.42 Å². The molecule has 3 rings (SSSR count). The lowest BCUT2D eigenvalue weighted by atomic mass is 10.1. The number of carbonyl (C=O) groups is 1. The predicted molar refractivity (Wildman–Crippen MR) is 80.7 cm³/mol. The highest BCUT2D eigenvalue weighted by Gasteiger charge is 2.18. The van der Waals surface area contributed by atoms with E-state index in [0.717, 1.165) is 38.1 Å². The van der Waals surface area contributed by atoms with Crippen LogP contribution in [0, 0.1) is 0 Å². The average molecular weight is 271 g/mol. The zero-order valence-electron chi connectivity index (χ0n) is 11.9. The summed E-state index contributed by atoms with van der Waals surface area (Å²) in [7, 11) is 2.11. The maximum atomic E-state index is 12.2. The van der Waals surface area contributed by atoms with Crippen LogP contribution in [0.1, 0.15) is 12.0 Å². The Morgan fingerprint density at radius 3 is 2.80 bits per heavy atom. The van der Waals surface area contributed by atoms with Crippen molar-refractivity contribution in [1.82, 2.24) is 14.8 Å². The van der Waals surface area contributed by atoms with Crippen LogP contribution in [0.25, 0.3) is 10.9 Å². The molecule has 0 atom stereocenters. The second kappa shape index (κ2) is 5.67. The first-order chi connectivity index (χ1) is 9.72. The van der Waals surface area contributed by atoms with Gasteiger partial charge in [0.15, 0.2) is 0 Å². The monoisotopic (exact) mass is 271 g/mol. The van der Waals surface area contributed by atoms with Crippen LogP contribution in [0.4, 0.5) is 0 Å². The molecule has 1 aliphatic rings. The van der Waals surface area contributed by atoms with Gasteiger partial charge in [0.2, 0.25) is 5.91 Å². The number of aryl methyl sites for hydroxylation is 1. The first-order valence-electron chi connectivity index (χ1n) is 7.25. The molecule has 0 aliphatic carbocycles. The molecule has 0 unspecified atom stereocenters. The van der Waals surface area contributed by atoms with Crippen LogP contribution in [0.2, 0.25) is 0 Å². The number of piperazine rings is 1. The highest BCUT2D eigenvalue weighted by atomic mass is 16.2. The van der Waals surface area contributed by atoms with Crippen molar-refractivity contribution in [2.24, 2.45) is 0 Å². The molecule has 1 saturated heterocycles. The zero-order chi connectivity index (χ0) is 13.9. The highest BCUT2D eigenvalue weighted by Crippen LogP contribution is 2.16.